The SMILES string of the molecule is C=CC(=C)N=C(C)N/C(C)=C/C(=C)NC(=C)CN(C)C. The van der Waals surface area contributed by atoms with Crippen LogP contribution in [0.25, 0.3) is 0 Å². The summed E-state index contributed by atoms with van der Waals surface area (Å²) >= 11 is 0. The normalized spacial score (nSPS) is 12.1. The van der Waals surface area contributed by atoms with Gasteiger partial charge in [0.05, 0.1) is 5.70 Å². The Labute approximate surface area is 123 Å². The summed E-state index contributed by atoms with van der Waals surface area (Å²) in [6.07, 6.45) is 3.51. The van der Waals surface area contributed by atoms with Crippen LogP contribution in [0.2, 0.25) is 0 Å². The Morgan fingerprint density at radius 1 is 1.15 bits per heavy atom. The maximum atomic E-state index is 4.22. The van der Waals surface area contributed by atoms with Gasteiger partial charge < -0.3 is 15.5 Å². The van der Waals surface area contributed by atoms with E-state index in [-0.39, 0.29) is 0 Å². The Kier molecular flexibility index (Phi) is 8.01. The molecule has 0 atom stereocenters. The summed E-state index contributed by atoms with van der Waals surface area (Å²) < 4.78 is 0. The van der Waals surface area contributed by atoms with Crippen LogP contribution in [-0.2, 0) is 0 Å². The van der Waals surface area contributed by atoms with Crippen molar-refractivity contribution >= 4 is 5.84 Å². The zero-order chi connectivity index (χ0) is 15.7. The molecular formula is C16H26N4. The van der Waals surface area contributed by atoms with E-state index in [0.29, 0.717) is 5.70 Å². The molecule has 0 rings (SSSR count). The number of nitrogens with one attached hydrogen (secondary N) is 2. The minimum atomic E-state index is 0.624. The first-order valence-corrected chi connectivity index (χ1v) is 6.35. The molecule has 4 heteroatoms. The Hall–Kier alpha value is -2.07. The Morgan fingerprint density at radius 2 is 1.75 bits per heavy atom. The molecule has 0 saturated heterocycles. The van der Waals surface area contributed by atoms with Crippen molar-refractivity contribution in [1.29, 1.82) is 0 Å². The molecule has 0 aromatic carbocycles. The Bertz CT molecular complexity index is 453. The van der Waals surface area contributed by atoms with Crippen LogP contribution in [0.15, 0.2) is 66.2 Å². The fourth-order valence-electron chi connectivity index (χ4n) is 1.56. The van der Waals surface area contributed by atoms with Gasteiger partial charge in [-0.15, -0.1) is 0 Å². The summed E-state index contributed by atoms with van der Waals surface area (Å²) in [6, 6.07) is 0. The van der Waals surface area contributed by atoms with Crippen molar-refractivity contribution in [2.24, 2.45) is 4.99 Å². The molecule has 110 valence electrons. The van der Waals surface area contributed by atoms with Crippen molar-refractivity contribution in [1.82, 2.24) is 15.5 Å². The predicted molar refractivity (Wildman–Crippen MR) is 89.3 cm³/mol. The molecule has 2 N–H and O–H groups in total. The summed E-state index contributed by atoms with van der Waals surface area (Å²) in [5, 5.41) is 6.30. The third kappa shape index (κ3) is 8.94. The number of allylic oxidation sites excluding steroid dienone is 3. The molecule has 0 fully saturated rings. The van der Waals surface area contributed by atoms with Gasteiger partial charge in [0.2, 0.25) is 0 Å². The number of rotatable bonds is 8. The summed E-state index contributed by atoms with van der Waals surface area (Å²) in [5.74, 6) is 0.753. The second kappa shape index (κ2) is 8.93. The van der Waals surface area contributed by atoms with Gasteiger partial charge in [-0.05, 0) is 40.1 Å². The average molecular weight is 274 g/mol. The molecule has 0 spiro atoms. The van der Waals surface area contributed by atoms with Crippen molar-refractivity contribution in [2.75, 3.05) is 20.6 Å². The van der Waals surface area contributed by atoms with Gasteiger partial charge in [0, 0.05) is 23.6 Å². The van der Waals surface area contributed by atoms with Gasteiger partial charge in [0.1, 0.15) is 5.84 Å². The van der Waals surface area contributed by atoms with E-state index in [1.54, 1.807) is 6.08 Å². The Balaban J connectivity index is 4.47. The van der Waals surface area contributed by atoms with Crippen molar-refractivity contribution in [3.05, 3.63) is 61.3 Å². The summed E-state index contributed by atoms with van der Waals surface area (Å²) in [5.41, 5.74) is 3.23. The highest BCUT2D eigenvalue weighted by molar-refractivity contribution is 5.82. The molecule has 0 aromatic rings. The first kappa shape index (κ1) is 17.9. The first-order chi connectivity index (χ1) is 9.24. The zero-order valence-corrected chi connectivity index (χ0v) is 13.1. The van der Waals surface area contributed by atoms with Crippen molar-refractivity contribution in [2.45, 2.75) is 13.8 Å². The maximum Gasteiger partial charge on any atom is 0.103 e. The fourth-order valence-corrected chi connectivity index (χ4v) is 1.56. The molecule has 0 heterocycles. The summed E-state index contributed by atoms with van der Waals surface area (Å²) in [6.45, 7) is 19.8. The lowest BCUT2D eigenvalue weighted by atomic mass is 10.3. The second-order valence-corrected chi connectivity index (χ2v) is 4.84. The third-order valence-corrected chi connectivity index (χ3v) is 2.16. The van der Waals surface area contributed by atoms with E-state index in [9.17, 15) is 0 Å². The topological polar surface area (TPSA) is 39.7 Å². The number of amidine groups is 1. The smallest absolute Gasteiger partial charge is 0.103 e. The van der Waals surface area contributed by atoms with Gasteiger partial charge in [0.15, 0.2) is 0 Å². The molecule has 0 saturated carbocycles. The van der Waals surface area contributed by atoms with E-state index < -0.39 is 0 Å². The molecule has 4 nitrogen and oxygen atoms in total. The molecule has 0 radical (unpaired) electrons. The first-order valence-electron chi connectivity index (χ1n) is 6.35. The van der Waals surface area contributed by atoms with Crippen LogP contribution in [0.4, 0.5) is 0 Å². The van der Waals surface area contributed by atoms with Crippen molar-refractivity contribution in [3.8, 4) is 0 Å². The number of likely N-dealkylation sites (N-methyl/N-ethyl adjacent to an activating group) is 1. The predicted octanol–water partition coefficient (Wildman–Crippen LogP) is 2.78. The van der Waals surface area contributed by atoms with Crippen LogP contribution < -0.4 is 10.6 Å². The van der Waals surface area contributed by atoms with Crippen molar-refractivity contribution in [3.63, 3.8) is 0 Å². The number of hydrogen-bond donors (Lipinski definition) is 2. The third-order valence-electron chi connectivity index (χ3n) is 2.16. The van der Waals surface area contributed by atoms with Crippen LogP contribution in [-0.4, -0.2) is 31.4 Å². The van der Waals surface area contributed by atoms with Gasteiger partial charge in [-0.2, -0.15) is 0 Å². The largest absolute Gasteiger partial charge is 0.359 e. The highest BCUT2D eigenvalue weighted by Gasteiger charge is 1.98. The summed E-state index contributed by atoms with van der Waals surface area (Å²) in [4.78, 5) is 6.26. The molecule has 0 amide bonds. The molecule has 0 aliphatic rings. The minimum Gasteiger partial charge on any atom is -0.359 e. The Morgan fingerprint density at radius 3 is 2.25 bits per heavy atom. The van der Waals surface area contributed by atoms with E-state index in [0.717, 1.165) is 29.5 Å². The van der Waals surface area contributed by atoms with Gasteiger partial charge in [0.25, 0.3) is 0 Å². The monoisotopic (exact) mass is 274 g/mol. The van der Waals surface area contributed by atoms with E-state index in [2.05, 4.69) is 41.9 Å². The molecule has 0 aromatic heterocycles. The lowest BCUT2D eigenvalue weighted by Gasteiger charge is -2.15. The maximum absolute atomic E-state index is 4.22. The van der Waals surface area contributed by atoms with E-state index in [1.807, 2.05) is 38.9 Å². The van der Waals surface area contributed by atoms with Crippen LogP contribution in [0.3, 0.4) is 0 Å². The second-order valence-electron chi connectivity index (χ2n) is 4.84. The fraction of sp³-hybridized carbons (Fsp3) is 0.312. The van der Waals surface area contributed by atoms with Gasteiger partial charge in [-0.1, -0.05) is 26.3 Å². The molecule has 0 aliphatic heterocycles. The summed E-state index contributed by atoms with van der Waals surface area (Å²) in [7, 11) is 3.98. The van der Waals surface area contributed by atoms with Crippen LogP contribution in [0.1, 0.15) is 13.8 Å². The number of nitrogens with zero attached hydrogens (tertiary/aromatic N) is 2. The molecular weight excluding hydrogens is 248 g/mol. The van der Waals surface area contributed by atoms with Crippen molar-refractivity contribution < 1.29 is 0 Å². The van der Waals surface area contributed by atoms with Gasteiger partial charge in [-0.3, -0.25) is 0 Å². The molecule has 20 heavy (non-hydrogen) atoms. The lowest BCUT2D eigenvalue weighted by Crippen LogP contribution is -2.23. The molecule has 0 bridgehead atoms. The van der Waals surface area contributed by atoms with Crippen LogP contribution in [0.5, 0.6) is 0 Å². The van der Waals surface area contributed by atoms with E-state index in [4.69, 9.17) is 0 Å². The lowest BCUT2D eigenvalue weighted by molar-refractivity contribution is 0.438. The minimum absolute atomic E-state index is 0.624. The zero-order valence-electron chi connectivity index (χ0n) is 13.1. The van der Waals surface area contributed by atoms with Crippen LogP contribution >= 0.6 is 0 Å². The number of hydrogen-bond acceptors (Lipinski definition) is 3. The van der Waals surface area contributed by atoms with E-state index in [1.165, 1.54) is 0 Å². The highest BCUT2D eigenvalue weighted by atomic mass is 15.1. The van der Waals surface area contributed by atoms with Crippen LogP contribution in [0, 0.1) is 0 Å². The molecule has 0 aliphatic carbocycles. The van der Waals surface area contributed by atoms with Gasteiger partial charge >= 0.3 is 0 Å². The number of aliphatic imine (C=N–C) groups is 1. The highest BCUT2D eigenvalue weighted by Crippen LogP contribution is 2.00. The standard InChI is InChI=1S/C16H26N4/c1-9-12(2)18-16(6)19-14(4)10-13(3)17-15(5)11-20(7)8/h9-10,17H,1-3,5,11H2,4,6-8H3,(H,18,19)/b14-10+. The van der Waals surface area contributed by atoms with Gasteiger partial charge in [-0.25, -0.2) is 4.99 Å². The van der Waals surface area contributed by atoms with E-state index >= 15 is 0 Å². The quantitative estimate of drug-likeness (QED) is 0.406. The molecule has 0 unspecified atom stereocenters. The average Bonchev–Trinajstić information content (AvgIpc) is 2.26.